The highest BCUT2D eigenvalue weighted by molar-refractivity contribution is 5.71. The summed E-state index contributed by atoms with van der Waals surface area (Å²) in [6, 6.07) is 2.03. The molecule has 2 heterocycles. The van der Waals surface area contributed by atoms with E-state index in [1.807, 2.05) is 12.3 Å². The summed E-state index contributed by atoms with van der Waals surface area (Å²) in [5.74, 6) is 0.987. The fourth-order valence-corrected chi connectivity index (χ4v) is 1.70. The molecular formula is C11H17N3. The van der Waals surface area contributed by atoms with Crippen LogP contribution in [-0.4, -0.2) is 17.1 Å². The normalized spacial score (nSPS) is 24.8. The molecule has 1 aromatic heterocycles. The first-order valence-electron chi connectivity index (χ1n) is 5.12. The first-order chi connectivity index (χ1) is 6.64. The second-order valence-corrected chi connectivity index (χ2v) is 4.24. The van der Waals surface area contributed by atoms with Crippen LogP contribution in [0.3, 0.4) is 0 Å². The molecule has 0 aromatic carbocycles. The Morgan fingerprint density at radius 3 is 3.07 bits per heavy atom. The van der Waals surface area contributed by atoms with Crippen LogP contribution in [0.15, 0.2) is 12.3 Å². The maximum absolute atomic E-state index is 4.35. The highest BCUT2D eigenvalue weighted by Gasteiger charge is 2.28. The summed E-state index contributed by atoms with van der Waals surface area (Å²) in [5.41, 5.74) is 2.53. The van der Waals surface area contributed by atoms with Gasteiger partial charge in [-0.15, -0.1) is 0 Å². The van der Waals surface area contributed by atoms with Crippen LogP contribution in [0, 0.1) is 6.92 Å². The zero-order valence-electron chi connectivity index (χ0n) is 9.02. The number of hydrogen-bond acceptors (Lipinski definition) is 3. The molecule has 2 N–H and O–H groups in total. The quantitative estimate of drug-likeness (QED) is 0.715. The Morgan fingerprint density at radius 1 is 1.57 bits per heavy atom. The fourth-order valence-electron chi connectivity index (χ4n) is 1.70. The monoisotopic (exact) mass is 191 g/mol. The lowest BCUT2D eigenvalue weighted by molar-refractivity contribution is 0.510. The van der Waals surface area contributed by atoms with Crippen molar-refractivity contribution in [1.82, 2.24) is 4.98 Å². The second-order valence-electron chi connectivity index (χ2n) is 4.24. The van der Waals surface area contributed by atoms with Gasteiger partial charge in [0, 0.05) is 12.7 Å². The molecule has 3 heteroatoms. The van der Waals surface area contributed by atoms with Crippen molar-refractivity contribution in [2.45, 2.75) is 32.7 Å². The molecule has 0 amide bonds. The molecule has 76 valence electrons. The standard InChI is InChI=1S/C11H17N3/c1-4-11(3)7-13-9-8(2)5-6-12-10(9)14-11/h5-6,13H,4,7H2,1-3H3,(H,12,14). The van der Waals surface area contributed by atoms with Gasteiger partial charge >= 0.3 is 0 Å². The molecule has 14 heavy (non-hydrogen) atoms. The zero-order chi connectivity index (χ0) is 10.2. The third-order valence-corrected chi connectivity index (χ3v) is 3.02. The van der Waals surface area contributed by atoms with Gasteiger partial charge in [-0.1, -0.05) is 6.92 Å². The van der Waals surface area contributed by atoms with E-state index < -0.39 is 0 Å². The van der Waals surface area contributed by atoms with E-state index in [1.165, 1.54) is 5.56 Å². The summed E-state index contributed by atoms with van der Waals surface area (Å²) in [7, 11) is 0. The summed E-state index contributed by atoms with van der Waals surface area (Å²) < 4.78 is 0. The van der Waals surface area contributed by atoms with E-state index in [0.717, 1.165) is 24.5 Å². The van der Waals surface area contributed by atoms with Crippen molar-refractivity contribution in [3.8, 4) is 0 Å². The summed E-state index contributed by atoms with van der Waals surface area (Å²) in [6.07, 6.45) is 2.94. The fraction of sp³-hybridized carbons (Fsp3) is 0.545. The van der Waals surface area contributed by atoms with Crippen molar-refractivity contribution >= 4 is 11.5 Å². The van der Waals surface area contributed by atoms with Crippen LogP contribution in [0.1, 0.15) is 25.8 Å². The molecule has 1 aromatic rings. The first kappa shape index (κ1) is 9.31. The SMILES string of the molecule is CCC1(C)CNc2c(C)ccnc2N1. The Kier molecular flexibility index (Phi) is 2.10. The highest BCUT2D eigenvalue weighted by Crippen LogP contribution is 2.31. The van der Waals surface area contributed by atoms with Crippen molar-refractivity contribution in [1.29, 1.82) is 0 Å². The minimum absolute atomic E-state index is 0.133. The van der Waals surface area contributed by atoms with Crippen LogP contribution in [0.2, 0.25) is 0 Å². The van der Waals surface area contributed by atoms with Gasteiger partial charge in [0.25, 0.3) is 0 Å². The number of nitrogens with zero attached hydrogens (tertiary/aromatic N) is 1. The van der Waals surface area contributed by atoms with E-state index in [-0.39, 0.29) is 5.54 Å². The molecule has 1 aliphatic rings. The Morgan fingerprint density at radius 2 is 2.36 bits per heavy atom. The number of anilines is 2. The van der Waals surface area contributed by atoms with Crippen molar-refractivity contribution in [3.05, 3.63) is 17.8 Å². The molecule has 2 rings (SSSR count). The van der Waals surface area contributed by atoms with Gasteiger partial charge in [0.2, 0.25) is 0 Å². The van der Waals surface area contributed by atoms with Crippen molar-refractivity contribution in [3.63, 3.8) is 0 Å². The molecule has 0 saturated carbocycles. The third-order valence-electron chi connectivity index (χ3n) is 3.02. The molecule has 3 nitrogen and oxygen atoms in total. The van der Waals surface area contributed by atoms with Gasteiger partial charge in [-0.25, -0.2) is 4.98 Å². The molecule has 0 saturated heterocycles. The molecule has 0 bridgehead atoms. The Labute approximate surface area is 84.9 Å². The smallest absolute Gasteiger partial charge is 0.150 e. The molecule has 1 aliphatic heterocycles. The summed E-state index contributed by atoms with van der Waals surface area (Å²) in [4.78, 5) is 4.35. The van der Waals surface area contributed by atoms with Crippen molar-refractivity contribution in [2.24, 2.45) is 0 Å². The molecule has 0 aliphatic carbocycles. The minimum Gasteiger partial charge on any atom is -0.380 e. The average molecular weight is 191 g/mol. The van der Waals surface area contributed by atoms with E-state index >= 15 is 0 Å². The predicted octanol–water partition coefficient (Wildman–Crippen LogP) is 2.40. The lowest BCUT2D eigenvalue weighted by atomic mass is 9.96. The lowest BCUT2D eigenvalue weighted by Crippen LogP contribution is -2.45. The number of fused-ring (bicyclic) bond motifs is 1. The van der Waals surface area contributed by atoms with Gasteiger partial charge in [0.1, 0.15) is 5.82 Å². The number of aromatic nitrogens is 1. The second kappa shape index (κ2) is 3.15. The molecule has 0 radical (unpaired) electrons. The number of aryl methyl sites for hydroxylation is 1. The van der Waals surface area contributed by atoms with E-state index in [2.05, 4.69) is 36.4 Å². The average Bonchev–Trinajstić information content (AvgIpc) is 2.18. The first-order valence-corrected chi connectivity index (χ1v) is 5.12. The molecule has 1 atom stereocenters. The largest absolute Gasteiger partial charge is 0.380 e. The third kappa shape index (κ3) is 1.43. The van der Waals surface area contributed by atoms with Crippen molar-refractivity contribution < 1.29 is 0 Å². The number of rotatable bonds is 1. The molecule has 0 spiro atoms. The lowest BCUT2D eigenvalue weighted by Gasteiger charge is -2.36. The van der Waals surface area contributed by atoms with Gasteiger partial charge in [0.15, 0.2) is 0 Å². The molecule has 0 fully saturated rings. The van der Waals surface area contributed by atoms with Crippen molar-refractivity contribution in [2.75, 3.05) is 17.2 Å². The number of nitrogens with one attached hydrogen (secondary N) is 2. The summed E-state index contributed by atoms with van der Waals surface area (Å²) >= 11 is 0. The zero-order valence-corrected chi connectivity index (χ0v) is 9.02. The Balaban J connectivity index is 2.36. The van der Waals surface area contributed by atoms with Gasteiger partial charge in [-0.2, -0.15) is 0 Å². The van der Waals surface area contributed by atoms with E-state index in [1.54, 1.807) is 0 Å². The van der Waals surface area contributed by atoms with Crippen LogP contribution in [0.25, 0.3) is 0 Å². The Hall–Kier alpha value is -1.25. The van der Waals surface area contributed by atoms with Crippen LogP contribution >= 0.6 is 0 Å². The highest BCUT2D eigenvalue weighted by atomic mass is 15.2. The predicted molar refractivity (Wildman–Crippen MR) is 59.8 cm³/mol. The van der Waals surface area contributed by atoms with E-state index in [9.17, 15) is 0 Å². The maximum Gasteiger partial charge on any atom is 0.150 e. The van der Waals surface area contributed by atoms with Crippen LogP contribution in [0.5, 0.6) is 0 Å². The van der Waals surface area contributed by atoms with Gasteiger partial charge in [-0.05, 0) is 31.9 Å². The maximum atomic E-state index is 4.35. The van der Waals surface area contributed by atoms with Gasteiger partial charge < -0.3 is 10.6 Å². The van der Waals surface area contributed by atoms with E-state index in [4.69, 9.17) is 0 Å². The van der Waals surface area contributed by atoms with Gasteiger partial charge in [-0.3, -0.25) is 0 Å². The van der Waals surface area contributed by atoms with Crippen LogP contribution in [0.4, 0.5) is 11.5 Å². The number of pyridine rings is 1. The Bertz CT molecular complexity index is 348. The minimum atomic E-state index is 0.133. The van der Waals surface area contributed by atoms with Crippen LogP contribution in [-0.2, 0) is 0 Å². The van der Waals surface area contributed by atoms with E-state index in [0.29, 0.717) is 0 Å². The van der Waals surface area contributed by atoms with Crippen LogP contribution < -0.4 is 10.6 Å². The summed E-state index contributed by atoms with van der Waals surface area (Å²) in [5, 5.41) is 6.94. The number of hydrogen-bond donors (Lipinski definition) is 2. The molecular weight excluding hydrogens is 174 g/mol. The topological polar surface area (TPSA) is 37.0 Å². The summed E-state index contributed by atoms with van der Waals surface area (Å²) in [6.45, 7) is 7.47. The van der Waals surface area contributed by atoms with Gasteiger partial charge in [0.05, 0.1) is 11.2 Å². The molecule has 1 unspecified atom stereocenters.